The summed E-state index contributed by atoms with van der Waals surface area (Å²) in [7, 11) is -3.53. The molecule has 0 bridgehead atoms. The number of piperidine rings is 1. The van der Waals surface area contributed by atoms with Crippen molar-refractivity contribution < 1.29 is 13.2 Å². The molecule has 2 heterocycles. The van der Waals surface area contributed by atoms with Gasteiger partial charge in [0, 0.05) is 30.6 Å². The molecule has 2 aliphatic rings. The van der Waals surface area contributed by atoms with E-state index < -0.39 is 10.0 Å². The molecule has 2 aromatic rings. The van der Waals surface area contributed by atoms with Gasteiger partial charge in [-0.1, -0.05) is 29.8 Å². The molecule has 5 nitrogen and oxygen atoms in total. The molecule has 0 N–H and O–H groups in total. The minimum Gasteiger partial charge on any atom is -0.335 e. The van der Waals surface area contributed by atoms with Crippen LogP contribution in [-0.4, -0.2) is 43.2 Å². The summed E-state index contributed by atoms with van der Waals surface area (Å²) < 4.78 is 27.7. The fourth-order valence-corrected chi connectivity index (χ4v) is 6.45. The molecule has 0 aliphatic carbocycles. The van der Waals surface area contributed by atoms with Crippen molar-refractivity contribution in [1.29, 1.82) is 0 Å². The van der Waals surface area contributed by atoms with Crippen LogP contribution in [-0.2, 0) is 14.8 Å². The van der Waals surface area contributed by atoms with Crippen LogP contribution in [0.25, 0.3) is 0 Å². The average molecular weight is 461 g/mol. The summed E-state index contributed by atoms with van der Waals surface area (Å²) in [5.74, 6) is 0.0108. The first kappa shape index (κ1) is 22.3. The maximum absolute atomic E-state index is 13.3. The molecule has 7 heteroatoms. The molecule has 1 unspecified atom stereocenters. The van der Waals surface area contributed by atoms with E-state index in [1.54, 1.807) is 12.1 Å². The highest BCUT2D eigenvalue weighted by molar-refractivity contribution is 7.89. The molecule has 1 atom stereocenters. The fourth-order valence-electron chi connectivity index (χ4n) is 4.69. The number of halogens is 1. The molecule has 2 aliphatic heterocycles. The highest BCUT2D eigenvalue weighted by Gasteiger charge is 2.37. The van der Waals surface area contributed by atoms with Gasteiger partial charge in [0.2, 0.25) is 15.9 Å². The van der Waals surface area contributed by atoms with E-state index in [0.29, 0.717) is 35.8 Å². The zero-order chi connectivity index (χ0) is 22.2. The van der Waals surface area contributed by atoms with Crippen LogP contribution in [0, 0.1) is 19.8 Å². The summed E-state index contributed by atoms with van der Waals surface area (Å²) in [5, 5.41) is 0.682. The fraction of sp³-hybridized carbons (Fsp3) is 0.458. The van der Waals surface area contributed by atoms with Crippen LogP contribution in [0.15, 0.2) is 47.4 Å². The van der Waals surface area contributed by atoms with E-state index in [2.05, 4.69) is 0 Å². The van der Waals surface area contributed by atoms with Crippen molar-refractivity contribution in [3.63, 3.8) is 0 Å². The second-order valence-corrected chi connectivity index (χ2v) is 11.0. The van der Waals surface area contributed by atoms with Crippen molar-refractivity contribution in [2.24, 2.45) is 5.92 Å². The van der Waals surface area contributed by atoms with E-state index in [4.69, 9.17) is 11.6 Å². The summed E-state index contributed by atoms with van der Waals surface area (Å²) in [4.78, 5) is 15.6. The van der Waals surface area contributed by atoms with Gasteiger partial charge in [0.1, 0.15) is 0 Å². The maximum atomic E-state index is 13.3. The quantitative estimate of drug-likeness (QED) is 0.663. The average Bonchev–Trinajstić information content (AvgIpc) is 3.25. The van der Waals surface area contributed by atoms with E-state index >= 15 is 0 Å². The van der Waals surface area contributed by atoms with Crippen LogP contribution in [0.4, 0.5) is 0 Å². The Morgan fingerprint density at radius 2 is 1.71 bits per heavy atom. The molecular weight excluding hydrogens is 432 g/mol. The Hall–Kier alpha value is -1.89. The Balaban J connectivity index is 1.43. The lowest BCUT2D eigenvalue weighted by molar-refractivity contribution is -0.137. The van der Waals surface area contributed by atoms with Crippen LogP contribution < -0.4 is 0 Å². The predicted octanol–water partition coefficient (Wildman–Crippen LogP) is 4.72. The third-order valence-electron chi connectivity index (χ3n) is 6.69. The van der Waals surface area contributed by atoms with Gasteiger partial charge >= 0.3 is 0 Å². The number of hydrogen-bond donors (Lipinski definition) is 0. The third-order valence-corrected chi connectivity index (χ3v) is 8.82. The van der Waals surface area contributed by atoms with Crippen molar-refractivity contribution >= 4 is 27.5 Å². The number of aryl methyl sites for hydroxylation is 2. The monoisotopic (exact) mass is 460 g/mol. The van der Waals surface area contributed by atoms with Gasteiger partial charge in [-0.25, -0.2) is 8.42 Å². The normalized spacial score (nSPS) is 20.9. The summed E-state index contributed by atoms with van der Waals surface area (Å²) in [6, 6.07) is 13.1. The van der Waals surface area contributed by atoms with Crippen molar-refractivity contribution in [2.75, 3.05) is 19.6 Å². The second-order valence-electron chi connectivity index (χ2n) is 8.67. The third kappa shape index (κ3) is 4.52. The first-order chi connectivity index (χ1) is 14.8. The lowest BCUT2D eigenvalue weighted by Crippen LogP contribution is -2.44. The Morgan fingerprint density at radius 1 is 0.968 bits per heavy atom. The molecule has 0 saturated carbocycles. The Bertz CT molecular complexity index is 1080. The lowest BCUT2D eigenvalue weighted by atomic mass is 9.95. The number of nitrogens with zero attached hydrogens (tertiary/aromatic N) is 2. The summed E-state index contributed by atoms with van der Waals surface area (Å²) >= 11 is 6.16. The summed E-state index contributed by atoms with van der Waals surface area (Å²) in [6.07, 6.45) is 3.03. The van der Waals surface area contributed by atoms with Gasteiger partial charge in [0.05, 0.1) is 10.9 Å². The summed E-state index contributed by atoms with van der Waals surface area (Å²) in [5.41, 5.74) is 3.11. The van der Waals surface area contributed by atoms with Gasteiger partial charge in [0.25, 0.3) is 0 Å². The van der Waals surface area contributed by atoms with Gasteiger partial charge < -0.3 is 4.90 Å². The minimum absolute atomic E-state index is 0.0588. The highest BCUT2D eigenvalue weighted by atomic mass is 35.5. The number of hydrogen-bond acceptors (Lipinski definition) is 3. The molecule has 0 radical (unpaired) electrons. The number of likely N-dealkylation sites (tertiary alicyclic amines) is 1. The van der Waals surface area contributed by atoms with Crippen molar-refractivity contribution in [1.82, 2.24) is 9.21 Å². The number of rotatable bonds is 4. The number of benzene rings is 2. The van der Waals surface area contributed by atoms with E-state index in [-0.39, 0.29) is 17.9 Å². The van der Waals surface area contributed by atoms with Gasteiger partial charge in [-0.15, -0.1) is 0 Å². The van der Waals surface area contributed by atoms with E-state index in [9.17, 15) is 13.2 Å². The largest absolute Gasteiger partial charge is 0.335 e. The highest BCUT2D eigenvalue weighted by Crippen LogP contribution is 2.36. The van der Waals surface area contributed by atoms with Crippen LogP contribution >= 0.6 is 11.6 Å². The molecule has 4 rings (SSSR count). The van der Waals surface area contributed by atoms with Crippen LogP contribution in [0.1, 0.15) is 48.4 Å². The SMILES string of the molecule is Cc1ccc(S(=O)(=O)N2CCC(C(=O)N3CCCC3c3cccc(Cl)c3)CC2)cc1C. The number of amides is 1. The van der Waals surface area contributed by atoms with Crippen LogP contribution in [0.2, 0.25) is 5.02 Å². The zero-order valence-corrected chi connectivity index (χ0v) is 19.6. The first-order valence-corrected chi connectivity index (χ1v) is 12.7. The smallest absolute Gasteiger partial charge is 0.243 e. The van der Waals surface area contributed by atoms with Crippen LogP contribution in [0.5, 0.6) is 0 Å². The Kier molecular flexibility index (Phi) is 6.42. The number of carbonyl (C=O) groups is 1. The predicted molar refractivity (Wildman–Crippen MR) is 123 cm³/mol. The molecule has 1 amide bonds. The minimum atomic E-state index is -3.53. The van der Waals surface area contributed by atoms with Gasteiger partial charge in [-0.3, -0.25) is 4.79 Å². The standard InChI is InChI=1S/C24H29ClN2O3S/c1-17-8-9-22(15-18(17)2)31(29,30)26-13-10-19(11-14-26)24(28)27-12-4-7-23(27)20-5-3-6-21(25)16-20/h3,5-6,8-9,15-16,19,23H,4,7,10-14H2,1-2H3. The molecule has 0 aromatic heterocycles. The molecule has 0 spiro atoms. The van der Waals surface area contributed by atoms with Crippen molar-refractivity contribution in [3.05, 3.63) is 64.2 Å². The van der Waals surface area contributed by atoms with Gasteiger partial charge in [-0.2, -0.15) is 4.31 Å². The number of carbonyl (C=O) groups excluding carboxylic acids is 1. The van der Waals surface area contributed by atoms with Crippen LogP contribution in [0.3, 0.4) is 0 Å². The summed E-state index contributed by atoms with van der Waals surface area (Å²) in [6.45, 7) is 5.39. The second kappa shape index (κ2) is 8.93. The maximum Gasteiger partial charge on any atom is 0.243 e. The molecular formula is C24H29ClN2O3S. The lowest BCUT2D eigenvalue weighted by Gasteiger charge is -2.34. The van der Waals surface area contributed by atoms with E-state index in [1.807, 2.05) is 49.1 Å². The van der Waals surface area contributed by atoms with Gasteiger partial charge in [0.15, 0.2) is 0 Å². The van der Waals surface area contributed by atoms with E-state index in [1.165, 1.54) is 4.31 Å². The van der Waals surface area contributed by atoms with Crippen molar-refractivity contribution in [2.45, 2.75) is 50.5 Å². The van der Waals surface area contributed by atoms with E-state index in [0.717, 1.165) is 36.1 Å². The zero-order valence-electron chi connectivity index (χ0n) is 18.1. The first-order valence-electron chi connectivity index (χ1n) is 10.9. The number of sulfonamides is 1. The molecule has 2 fully saturated rings. The molecule has 2 saturated heterocycles. The molecule has 31 heavy (non-hydrogen) atoms. The topological polar surface area (TPSA) is 57.7 Å². The molecule has 2 aromatic carbocycles. The Labute approximate surface area is 190 Å². The van der Waals surface area contributed by atoms with Crippen molar-refractivity contribution in [3.8, 4) is 0 Å². The molecule has 166 valence electrons. The van der Waals surface area contributed by atoms with Gasteiger partial charge in [-0.05, 0) is 80.5 Å². The Morgan fingerprint density at radius 3 is 2.39 bits per heavy atom.